The van der Waals surface area contributed by atoms with E-state index in [9.17, 15) is 14.4 Å². The van der Waals surface area contributed by atoms with E-state index in [1.165, 1.54) is 45.9 Å². The molecule has 3 heterocycles. The van der Waals surface area contributed by atoms with Crippen molar-refractivity contribution in [2.24, 2.45) is 11.8 Å². The van der Waals surface area contributed by atoms with Crippen molar-refractivity contribution in [1.29, 1.82) is 0 Å². The van der Waals surface area contributed by atoms with Crippen LogP contribution < -0.4 is 5.32 Å². The summed E-state index contributed by atoms with van der Waals surface area (Å²) in [7, 11) is 5.30. The molecular formula is C32H63N5O5. The Morgan fingerprint density at radius 3 is 1.81 bits per heavy atom. The lowest BCUT2D eigenvalue weighted by atomic mass is 9.96. The van der Waals surface area contributed by atoms with Crippen molar-refractivity contribution in [3.05, 3.63) is 0 Å². The Balaban J connectivity index is 0.000000912. The van der Waals surface area contributed by atoms with Crippen LogP contribution in [0.5, 0.6) is 0 Å². The van der Waals surface area contributed by atoms with Gasteiger partial charge in [0.05, 0.1) is 19.7 Å². The van der Waals surface area contributed by atoms with Gasteiger partial charge in [-0.2, -0.15) is 0 Å². The summed E-state index contributed by atoms with van der Waals surface area (Å²) in [5.74, 6) is 1.27. The number of amides is 3. The third-order valence-electron chi connectivity index (χ3n) is 7.66. The van der Waals surface area contributed by atoms with Gasteiger partial charge in [0.1, 0.15) is 0 Å². The molecule has 0 radical (unpaired) electrons. The third kappa shape index (κ3) is 17.7. The van der Waals surface area contributed by atoms with E-state index in [1.807, 2.05) is 4.90 Å². The highest BCUT2D eigenvalue weighted by Gasteiger charge is 2.35. The van der Waals surface area contributed by atoms with Gasteiger partial charge in [0.25, 0.3) is 6.47 Å². The molecule has 1 N–H and O–H groups in total. The molecule has 0 aliphatic carbocycles. The fourth-order valence-corrected chi connectivity index (χ4v) is 5.33. The molecule has 0 spiro atoms. The van der Waals surface area contributed by atoms with Crippen LogP contribution in [0.15, 0.2) is 0 Å². The van der Waals surface area contributed by atoms with Crippen molar-refractivity contribution >= 4 is 24.7 Å². The van der Waals surface area contributed by atoms with E-state index >= 15 is 0 Å². The van der Waals surface area contributed by atoms with Crippen molar-refractivity contribution in [2.45, 2.75) is 104 Å². The first-order valence-electron chi connectivity index (χ1n) is 16.1. The summed E-state index contributed by atoms with van der Waals surface area (Å²) in [5, 5.41) is 2.45. The highest BCUT2D eigenvalue weighted by Crippen LogP contribution is 2.23. The normalized spacial score (nSPS) is 20.0. The predicted octanol–water partition coefficient (Wildman–Crippen LogP) is 3.64. The minimum Gasteiger partial charge on any atom is -0.471 e. The van der Waals surface area contributed by atoms with Crippen LogP contribution >= 0.6 is 0 Å². The van der Waals surface area contributed by atoms with Crippen LogP contribution in [-0.4, -0.2) is 123 Å². The highest BCUT2D eigenvalue weighted by molar-refractivity contribution is 5.82. The topological polar surface area (TPSA) is 102 Å². The summed E-state index contributed by atoms with van der Waals surface area (Å²) in [6.07, 6.45) is 11.3. The predicted molar refractivity (Wildman–Crippen MR) is 170 cm³/mol. The first kappa shape index (κ1) is 39.8. The molecule has 3 fully saturated rings. The summed E-state index contributed by atoms with van der Waals surface area (Å²) >= 11 is 0. The lowest BCUT2D eigenvalue weighted by Crippen LogP contribution is -2.57. The van der Waals surface area contributed by atoms with E-state index in [1.54, 1.807) is 11.9 Å². The Bertz CT molecular complexity index is 721. The third-order valence-corrected chi connectivity index (χ3v) is 7.66. The van der Waals surface area contributed by atoms with Gasteiger partial charge in [-0.3, -0.25) is 24.1 Å². The quantitative estimate of drug-likeness (QED) is 0.405. The summed E-state index contributed by atoms with van der Waals surface area (Å²) < 4.78 is 3.86. The lowest BCUT2D eigenvalue weighted by Gasteiger charge is -2.42. The Hall–Kier alpha value is -2.20. The van der Waals surface area contributed by atoms with Crippen LogP contribution in [0.1, 0.15) is 92.4 Å². The molecule has 3 rings (SSSR count). The average molecular weight is 598 g/mol. The molecule has 0 aromatic rings. The van der Waals surface area contributed by atoms with Crippen LogP contribution in [-0.2, 0) is 23.9 Å². The molecule has 3 aliphatic rings. The number of carbonyl (C=O) groups is 4. The number of likely N-dealkylation sites (N-methyl/N-ethyl adjacent to an activating group) is 1. The Labute approximate surface area is 256 Å². The lowest BCUT2D eigenvalue weighted by molar-refractivity contribution is -0.140. The Kier molecular flexibility index (Phi) is 23.0. The summed E-state index contributed by atoms with van der Waals surface area (Å²) in [6, 6.07) is -0.0459. The van der Waals surface area contributed by atoms with Gasteiger partial charge in [0, 0.05) is 32.7 Å². The van der Waals surface area contributed by atoms with E-state index in [4.69, 9.17) is 4.79 Å². The van der Waals surface area contributed by atoms with Gasteiger partial charge in [-0.25, -0.2) is 0 Å². The van der Waals surface area contributed by atoms with Crippen molar-refractivity contribution < 1.29 is 23.9 Å². The molecule has 3 saturated heterocycles. The summed E-state index contributed by atoms with van der Waals surface area (Å²) in [4.78, 5) is 53.4. The number of hydrogen-bond donors (Lipinski definition) is 1. The van der Waals surface area contributed by atoms with Gasteiger partial charge in [-0.15, -0.1) is 0 Å². The van der Waals surface area contributed by atoms with Gasteiger partial charge in [-0.1, -0.05) is 47.5 Å². The first-order valence-corrected chi connectivity index (χ1v) is 16.1. The average Bonchev–Trinajstić information content (AvgIpc) is 2.99. The van der Waals surface area contributed by atoms with E-state index in [0.29, 0.717) is 19.4 Å². The number of hydrogen-bond acceptors (Lipinski definition) is 7. The molecule has 0 unspecified atom stereocenters. The fourth-order valence-electron chi connectivity index (χ4n) is 5.33. The zero-order chi connectivity index (χ0) is 31.9. The van der Waals surface area contributed by atoms with Crippen molar-refractivity contribution in [1.82, 2.24) is 24.9 Å². The van der Waals surface area contributed by atoms with E-state index in [-0.39, 0.29) is 36.4 Å². The SMILES string of the molecule is CC(C)C.CC(C)[C@@H](CN1CCCC[C@H]1C(=O)N1CCCCC1)N(C)C(=O)CNC=O.CN1CCCCC1.COC=O. The molecule has 0 aromatic carbocycles. The van der Waals surface area contributed by atoms with Crippen LogP contribution in [0.25, 0.3) is 0 Å². The smallest absolute Gasteiger partial charge is 0.292 e. The molecule has 3 amide bonds. The molecule has 10 heteroatoms. The number of carbonyl (C=O) groups excluding carboxylic acids is 4. The zero-order valence-electron chi connectivity index (χ0n) is 28.1. The maximum atomic E-state index is 13.1. The second-order valence-electron chi connectivity index (χ2n) is 12.6. The van der Waals surface area contributed by atoms with Crippen molar-refractivity contribution in [2.75, 3.05) is 67.0 Å². The maximum absolute atomic E-state index is 13.1. The van der Waals surface area contributed by atoms with Gasteiger partial charge < -0.3 is 24.8 Å². The molecule has 42 heavy (non-hydrogen) atoms. The second kappa shape index (κ2) is 24.3. The number of rotatable bonds is 9. The van der Waals surface area contributed by atoms with E-state index < -0.39 is 0 Å². The molecule has 10 nitrogen and oxygen atoms in total. The minimum atomic E-state index is -0.100. The molecular weight excluding hydrogens is 534 g/mol. The number of nitrogens with zero attached hydrogens (tertiary/aromatic N) is 4. The molecule has 2 atom stereocenters. The molecule has 0 bridgehead atoms. The number of likely N-dealkylation sites (tertiary alicyclic amines) is 3. The second-order valence-corrected chi connectivity index (χ2v) is 12.6. The highest BCUT2D eigenvalue weighted by atomic mass is 16.5. The first-order chi connectivity index (χ1) is 20.0. The van der Waals surface area contributed by atoms with E-state index in [0.717, 1.165) is 57.7 Å². The number of nitrogens with one attached hydrogen (secondary N) is 1. The van der Waals surface area contributed by atoms with Gasteiger partial charge in [0.15, 0.2) is 0 Å². The number of methoxy groups -OCH3 is 1. The molecule has 0 saturated carbocycles. The molecule has 3 aliphatic heterocycles. The minimum absolute atomic E-state index is 0.0133. The molecule has 0 aromatic heterocycles. The maximum Gasteiger partial charge on any atom is 0.292 e. The monoisotopic (exact) mass is 597 g/mol. The Morgan fingerprint density at radius 1 is 0.881 bits per heavy atom. The van der Waals surface area contributed by atoms with Crippen molar-refractivity contribution in [3.63, 3.8) is 0 Å². The van der Waals surface area contributed by atoms with Crippen molar-refractivity contribution in [3.8, 4) is 0 Å². The van der Waals surface area contributed by atoms with Crippen LogP contribution in [0.4, 0.5) is 0 Å². The summed E-state index contributed by atoms with van der Waals surface area (Å²) in [5.41, 5.74) is 0. The zero-order valence-corrected chi connectivity index (χ0v) is 28.1. The standard InChI is InChI=1S/C20H36N4O3.C6H13N.C4H10.C2H4O2/c1-16(2)18(22(3)19(26)13-21-15-25)14-24-12-8-5-9-17(24)20(27)23-10-6-4-7-11-23;1-7-5-3-2-4-6-7;1-4(2)3;1-4-2-3/h15-18H,4-14H2,1-3H3,(H,21,25);2-6H2,1H3;4H,1-3H3;2H,1H3/t17-,18+;;;/m0.../s1. The molecule has 246 valence electrons. The largest absolute Gasteiger partial charge is 0.471 e. The van der Waals surface area contributed by atoms with Crippen LogP contribution in [0, 0.1) is 11.8 Å². The van der Waals surface area contributed by atoms with Gasteiger partial charge in [-0.05, 0) is 83.5 Å². The summed E-state index contributed by atoms with van der Waals surface area (Å²) in [6.45, 7) is 17.1. The van der Waals surface area contributed by atoms with E-state index in [2.05, 4.69) is 61.5 Å². The Morgan fingerprint density at radius 2 is 1.38 bits per heavy atom. The number of ether oxygens (including phenoxy) is 1. The number of piperidine rings is 3. The van der Waals surface area contributed by atoms with Crippen LogP contribution in [0.3, 0.4) is 0 Å². The van der Waals surface area contributed by atoms with Gasteiger partial charge >= 0.3 is 0 Å². The van der Waals surface area contributed by atoms with Gasteiger partial charge in [0.2, 0.25) is 18.2 Å². The fraction of sp³-hybridized carbons (Fsp3) is 0.875. The van der Waals surface area contributed by atoms with Crippen LogP contribution in [0.2, 0.25) is 0 Å².